The van der Waals surface area contributed by atoms with Gasteiger partial charge in [0.25, 0.3) is 0 Å². The molecular formula is C18H26Cl2N2Sn. The molecular weight excluding hydrogens is 434 g/mol. The molecule has 2 rings (SSSR count). The van der Waals surface area contributed by atoms with Crippen LogP contribution in [0.1, 0.15) is 41.5 Å². The van der Waals surface area contributed by atoms with Crippen molar-refractivity contribution >= 4 is 34.0 Å². The molecule has 2 heterocycles. The summed E-state index contributed by atoms with van der Waals surface area (Å²) in [6.45, 7) is 12.9. The van der Waals surface area contributed by atoms with E-state index in [4.69, 9.17) is 17.8 Å². The fourth-order valence-electron chi connectivity index (χ4n) is 2.15. The van der Waals surface area contributed by atoms with E-state index in [-0.39, 0.29) is 6.86 Å². The number of hydrogen-bond donors (Lipinski definition) is 0. The van der Waals surface area contributed by atoms with Gasteiger partial charge in [0.15, 0.2) is 0 Å². The summed E-state index contributed by atoms with van der Waals surface area (Å²) < 4.78 is 0.242. The van der Waals surface area contributed by atoms with Gasteiger partial charge in [0.1, 0.15) is 0 Å². The second kappa shape index (κ2) is 8.17. The molecule has 0 unspecified atom stereocenters. The molecule has 0 aliphatic heterocycles. The zero-order chi connectivity index (χ0) is 17.7. The molecule has 0 radical (unpaired) electrons. The molecule has 23 heavy (non-hydrogen) atoms. The van der Waals surface area contributed by atoms with Crippen LogP contribution in [-0.2, 0) is 0 Å². The minimum absolute atomic E-state index is 0.121. The van der Waals surface area contributed by atoms with Crippen LogP contribution in [-0.4, -0.2) is 26.1 Å². The molecule has 126 valence electrons. The average molecular weight is 460 g/mol. The average Bonchev–Trinajstić information content (AvgIpc) is 2.47. The minimum Gasteiger partial charge on any atom is -0.255 e. The van der Waals surface area contributed by atoms with E-state index in [0.29, 0.717) is 0 Å². The molecule has 5 heteroatoms. The quantitative estimate of drug-likeness (QED) is 0.446. The monoisotopic (exact) mass is 460 g/mol. The Bertz CT molecular complexity index is 534. The van der Waals surface area contributed by atoms with E-state index in [1.165, 1.54) is 0 Å². The smallest absolute Gasteiger partial charge is 0.0886 e. The molecule has 0 spiro atoms. The van der Waals surface area contributed by atoms with Crippen molar-refractivity contribution in [2.24, 2.45) is 0 Å². The van der Waals surface area contributed by atoms with Gasteiger partial charge in [0.2, 0.25) is 0 Å². The van der Waals surface area contributed by atoms with Crippen molar-refractivity contribution < 1.29 is 0 Å². The molecule has 0 saturated carbocycles. The van der Waals surface area contributed by atoms with Crippen molar-refractivity contribution in [2.75, 3.05) is 0 Å². The number of rotatable bonds is 1. The SMILES string of the molecule is C[C](C)(C)[Sn]([Cl])([Cl])[C](C)(C)C.c1ccc(-c2ccccn2)nc1. The Balaban J connectivity index is 0.000000232. The summed E-state index contributed by atoms with van der Waals surface area (Å²) in [5.74, 6) is 0. The van der Waals surface area contributed by atoms with Gasteiger partial charge in [-0.1, -0.05) is 12.1 Å². The predicted molar refractivity (Wildman–Crippen MR) is 104 cm³/mol. The summed E-state index contributed by atoms with van der Waals surface area (Å²) in [6, 6.07) is 11.6. The zero-order valence-corrected chi connectivity index (χ0v) is 19.1. The van der Waals surface area contributed by atoms with Crippen LogP contribution in [0, 0.1) is 0 Å². The third kappa shape index (κ3) is 5.91. The molecule has 0 saturated heterocycles. The van der Waals surface area contributed by atoms with Gasteiger partial charge in [-0.3, -0.25) is 9.97 Å². The van der Waals surface area contributed by atoms with E-state index in [9.17, 15) is 0 Å². The fraction of sp³-hybridized carbons (Fsp3) is 0.444. The normalized spacial score (nSPS) is 12.3. The first kappa shape index (κ1) is 20.7. The van der Waals surface area contributed by atoms with Gasteiger partial charge in [-0.15, -0.1) is 0 Å². The molecule has 2 nitrogen and oxygen atoms in total. The maximum absolute atomic E-state index is 6.46. The van der Waals surface area contributed by atoms with Crippen LogP contribution < -0.4 is 0 Å². The van der Waals surface area contributed by atoms with Crippen LogP contribution in [0.3, 0.4) is 0 Å². The van der Waals surface area contributed by atoms with Gasteiger partial charge in [0.05, 0.1) is 11.4 Å². The molecule has 0 aromatic carbocycles. The number of nitrogens with zero attached hydrogens (tertiary/aromatic N) is 2. The Morgan fingerprint density at radius 1 is 0.696 bits per heavy atom. The summed E-state index contributed by atoms with van der Waals surface area (Å²) in [5, 5.41) is 0. The van der Waals surface area contributed by atoms with Gasteiger partial charge in [-0.2, -0.15) is 0 Å². The predicted octanol–water partition coefficient (Wildman–Crippen LogP) is 6.65. The number of pyridine rings is 2. The van der Waals surface area contributed by atoms with Gasteiger partial charge in [-0.25, -0.2) is 0 Å². The maximum Gasteiger partial charge on any atom is 0.0886 e. The minimum atomic E-state index is -2.92. The van der Waals surface area contributed by atoms with Crippen LogP contribution in [0.15, 0.2) is 48.8 Å². The summed E-state index contributed by atoms with van der Waals surface area (Å²) in [6.07, 6.45) is 3.54. The van der Waals surface area contributed by atoms with Crippen LogP contribution >= 0.6 is 17.8 Å². The Morgan fingerprint density at radius 2 is 1.04 bits per heavy atom. The number of halogens is 2. The number of aromatic nitrogens is 2. The molecule has 0 N–H and O–H groups in total. The van der Waals surface area contributed by atoms with Gasteiger partial charge in [0, 0.05) is 12.4 Å². The van der Waals surface area contributed by atoms with E-state index in [2.05, 4.69) is 51.5 Å². The van der Waals surface area contributed by atoms with Crippen molar-refractivity contribution in [2.45, 2.75) is 48.4 Å². The summed E-state index contributed by atoms with van der Waals surface area (Å²) in [4.78, 5) is 8.37. The Morgan fingerprint density at radius 3 is 1.22 bits per heavy atom. The zero-order valence-electron chi connectivity index (χ0n) is 14.8. The van der Waals surface area contributed by atoms with Crippen LogP contribution in [0.4, 0.5) is 0 Å². The van der Waals surface area contributed by atoms with Crippen molar-refractivity contribution in [3.05, 3.63) is 48.8 Å². The molecule has 0 bridgehead atoms. The van der Waals surface area contributed by atoms with Crippen LogP contribution in [0.25, 0.3) is 11.4 Å². The Kier molecular flexibility index (Phi) is 7.36. The van der Waals surface area contributed by atoms with Gasteiger partial charge >= 0.3 is 82.4 Å². The van der Waals surface area contributed by atoms with E-state index >= 15 is 0 Å². The first-order chi connectivity index (χ1) is 10.5. The van der Waals surface area contributed by atoms with Gasteiger partial charge in [-0.05, 0) is 24.3 Å². The van der Waals surface area contributed by atoms with Crippen molar-refractivity contribution in [3.63, 3.8) is 0 Å². The molecule has 0 amide bonds. The van der Waals surface area contributed by atoms with Crippen molar-refractivity contribution in [1.29, 1.82) is 0 Å². The maximum atomic E-state index is 6.46. The molecule has 0 fully saturated rings. The number of hydrogen-bond acceptors (Lipinski definition) is 2. The van der Waals surface area contributed by atoms with E-state index < -0.39 is 16.1 Å². The fourth-order valence-corrected chi connectivity index (χ4v) is 8.58. The van der Waals surface area contributed by atoms with E-state index in [1.807, 2.05) is 36.4 Å². The standard InChI is InChI=1S/C10H8N2.2C4H9.2ClH.Sn/c1-3-7-11-9(5-1)10-6-2-4-8-12-10;2*1-4(2)3;;;/h1-8H;2*1-3H3;2*1H;/q;;;;;+2/p-2. The summed E-state index contributed by atoms with van der Waals surface area (Å²) in [5.41, 5.74) is 1.83. The van der Waals surface area contributed by atoms with Crippen LogP contribution in [0.2, 0.25) is 6.86 Å². The Hall–Kier alpha value is -0.321. The molecule has 0 atom stereocenters. The third-order valence-electron chi connectivity index (χ3n) is 3.48. The summed E-state index contributed by atoms with van der Waals surface area (Å²) in [7, 11) is 12.9. The Labute approximate surface area is 152 Å². The third-order valence-corrected chi connectivity index (χ3v) is 29.4. The second-order valence-corrected chi connectivity index (χ2v) is 28.2. The molecule has 0 aliphatic carbocycles. The largest absolute Gasteiger partial charge is 0.255 e. The second-order valence-electron chi connectivity index (χ2n) is 7.50. The first-order valence-electron chi connectivity index (χ1n) is 7.67. The topological polar surface area (TPSA) is 25.8 Å². The molecule has 0 aliphatic rings. The first-order valence-corrected chi connectivity index (χ1v) is 17.8. The van der Waals surface area contributed by atoms with E-state index in [0.717, 1.165) is 11.4 Å². The van der Waals surface area contributed by atoms with Crippen LogP contribution in [0.5, 0.6) is 0 Å². The summed E-state index contributed by atoms with van der Waals surface area (Å²) >= 11 is -2.92. The van der Waals surface area contributed by atoms with Crippen molar-refractivity contribution in [1.82, 2.24) is 9.97 Å². The molecule has 2 aromatic heterocycles. The van der Waals surface area contributed by atoms with Crippen molar-refractivity contribution in [3.8, 4) is 11.4 Å². The molecule has 2 aromatic rings. The van der Waals surface area contributed by atoms with E-state index in [1.54, 1.807) is 12.4 Å². The van der Waals surface area contributed by atoms with Gasteiger partial charge < -0.3 is 0 Å².